The van der Waals surface area contributed by atoms with E-state index < -0.39 is 27.6 Å². The monoisotopic (exact) mass is 427 g/mol. The lowest BCUT2D eigenvalue weighted by Crippen LogP contribution is -2.36. The highest BCUT2D eigenvalue weighted by Gasteiger charge is 2.35. The van der Waals surface area contributed by atoms with Crippen LogP contribution in [0.2, 0.25) is 0 Å². The Morgan fingerprint density at radius 1 is 1.10 bits per heavy atom. The Balaban J connectivity index is 1.97. The maximum absolute atomic E-state index is 13.5. The zero-order valence-corrected chi connectivity index (χ0v) is 16.4. The first-order chi connectivity index (χ1) is 14.3. The average Bonchev–Trinajstić information content (AvgIpc) is 3.17. The summed E-state index contributed by atoms with van der Waals surface area (Å²) in [5.74, 6) is -0.971. The number of carbonyl (C=O) groups is 1. The fourth-order valence-corrected chi connectivity index (χ4v) is 4.96. The molecule has 0 fully saturated rings. The Kier molecular flexibility index (Phi) is 4.78. The molecule has 9 nitrogen and oxygen atoms in total. The van der Waals surface area contributed by atoms with Crippen LogP contribution in [0, 0.1) is 0 Å². The molecule has 0 saturated carbocycles. The number of benzene rings is 2. The zero-order chi connectivity index (χ0) is 21.5. The van der Waals surface area contributed by atoms with Crippen molar-refractivity contribution < 1.29 is 23.4 Å². The summed E-state index contributed by atoms with van der Waals surface area (Å²) in [4.78, 5) is 28.9. The van der Waals surface area contributed by atoms with Gasteiger partial charge in [-0.2, -0.15) is 0 Å². The molecule has 2 N–H and O–H groups in total. The summed E-state index contributed by atoms with van der Waals surface area (Å²) in [6.45, 7) is 0. The second kappa shape index (κ2) is 7.30. The number of aryl methyl sites for hydroxylation is 1. The van der Waals surface area contributed by atoms with E-state index in [4.69, 9.17) is 0 Å². The third-order valence-corrected chi connectivity index (χ3v) is 6.63. The number of phenols is 1. The molecule has 0 spiro atoms. The van der Waals surface area contributed by atoms with E-state index in [2.05, 4.69) is 4.98 Å². The number of aromatic nitrogens is 2. The molecule has 3 aromatic rings. The van der Waals surface area contributed by atoms with E-state index in [9.17, 15) is 28.2 Å². The van der Waals surface area contributed by atoms with Gasteiger partial charge in [-0.1, -0.05) is 18.2 Å². The van der Waals surface area contributed by atoms with E-state index in [0.29, 0.717) is 12.2 Å². The molecule has 1 atom stereocenters. The first-order valence-electron chi connectivity index (χ1n) is 9.03. The number of hydrogen-bond acceptors (Lipinski definition) is 6. The van der Waals surface area contributed by atoms with Crippen LogP contribution in [0.4, 0.5) is 11.4 Å². The van der Waals surface area contributed by atoms with E-state index >= 15 is 0 Å². The van der Waals surface area contributed by atoms with Crippen molar-refractivity contribution >= 4 is 27.4 Å². The number of carboxylic acid groups (broad SMARTS) is 1. The molecule has 0 saturated heterocycles. The van der Waals surface area contributed by atoms with Gasteiger partial charge in [0.25, 0.3) is 15.6 Å². The second-order valence-electron chi connectivity index (χ2n) is 6.73. The van der Waals surface area contributed by atoms with Gasteiger partial charge < -0.3 is 10.2 Å². The number of anilines is 2. The SMILES string of the molecule is O=C(O)C1CCc2ncc(N(c3ccc(O)cc3)S(=O)(=O)c3ccccc3)c(=O)n21. The summed E-state index contributed by atoms with van der Waals surface area (Å²) in [7, 11) is -4.25. The van der Waals surface area contributed by atoms with E-state index in [1.807, 2.05) is 0 Å². The molecule has 4 rings (SSSR count). The van der Waals surface area contributed by atoms with Crippen molar-refractivity contribution in [2.75, 3.05) is 4.31 Å². The van der Waals surface area contributed by atoms with Gasteiger partial charge >= 0.3 is 5.97 Å². The number of aliphatic carboxylic acids is 1. The predicted molar refractivity (Wildman–Crippen MR) is 107 cm³/mol. The Labute approximate surface area is 171 Å². The smallest absolute Gasteiger partial charge is 0.326 e. The van der Waals surface area contributed by atoms with Crippen molar-refractivity contribution in [1.29, 1.82) is 0 Å². The molecule has 1 aliphatic rings. The van der Waals surface area contributed by atoms with E-state index in [0.717, 1.165) is 15.1 Å². The molecule has 1 unspecified atom stereocenters. The zero-order valence-electron chi connectivity index (χ0n) is 15.5. The summed E-state index contributed by atoms with van der Waals surface area (Å²) in [6, 6.07) is 11.7. The number of nitrogens with zero attached hydrogens (tertiary/aromatic N) is 3. The van der Waals surface area contributed by atoms with Gasteiger partial charge in [0, 0.05) is 6.42 Å². The van der Waals surface area contributed by atoms with Gasteiger partial charge in [0.2, 0.25) is 0 Å². The minimum atomic E-state index is -4.25. The summed E-state index contributed by atoms with van der Waals surface area (Å²) in [6.07, 6.45) is 1.65. The number of rotatable bonds is 5. The molecular formula is C20H17N3O6S. The van der Waals surface area contributed by atoms with E-state index in [1.165, 1.54) is 36.4 Å². The molecule has 154 valence electrons. The molecular weight excluding hydrogens is 410 g/mol. The third-order valence-electron chi connectivity index (χ3n) is 4.87. The van der Waals surface area contributed by atoms with Crippen LogP contribution in [-0.2, 0) is 21.2 Å². The topological polar surface area (TPSA) is 130 Å². The van der Waals surface area contributed by atoms with Gasteiger partial charge in [0.15, 0.2) is 0 Å². The lowest BCUT2D eigenvalue weighted by Gasteiger charge is -2.24. The summed E-state index contributed by atoms with van der Waals surface area (Å²) in [5, 5.41) is 19.0. The van der Waals surface area contributed by atoms with Crippen LogP contribution >= 0.6 is 0 Å². The van der Waals surface area contributed by atoms with Crippen molar-refractivity contribution in [1.82, 2.24) is 9.55 Å². The number of aromatic hydroxyl groups is 1. The van der Waals surface area contributed by atoms with Crippen LogP contribution in [0.5, 0.6) is 5.75 Å². The number of sulfonamides is 1. The Morgan fingerprint density at radius 3 is 2.40 bits per heavy atom. The standard InChI is InChI=1S/C20H17N3O6S/c24-14-8-6-13(7-9-14)23(30(28,29)15-4-2-1-3-5-15)17-12-21-18-11-10-16(20(26)27)22(18)19(17)25/h1-9,12,16,24H,10-11H2,(H,26,27). The minimum absolute atomic E-state index is 0.0576. The van der Waals surface area contributed by atoms with Crippen molar-refractivity contribution in [3.8, 4) is 5.75 Å². The van der Waals surface area contributed by atoms with Crippen LogP contribution in [0.1, 0.15) is 18.3 Å². The van der Waals surface area contributed by atoms with Gasteiger partial charge in [0.05, 0.1) is 16.8 Å². The predicted octanol–water partition coefficient (Wildman–Crippen LogP) is 2.05. The van der Waals surface area contributed by atoms with Crippen molar-refractivity contribution in [3.63, 3.8) is 0 Å². The number of carboxylic acids is 1. The fraction of sp³-hybridized carbons (Fsp3) is 0.150. The van der Waals surface area contributed by atoms with Gasteiger partial charge in [-0.15, -0.1) is 0 Å². The molecule has 30 heavy (non-hydrogen) atoms. The summed E-state index contributed by atoms with van der Waals surface area (Å²) < 4.78 is 28.8. The highest BCUT2D eigenvalue weighted by molar-refractivity contribution is 7.93. The molecule has 2 aromatic carbocycles. The highest BCUT2D eigenvalue weighted by Crippen LogP contribution is 2.32. The highest BCUT2D eigenvalue weighted by atomic mass is 32.2. The van der Waals surface area contributed by atoms with Gasteiger partial charge in [-0.3, -0.25) is 9.36 Å². The number of fused-ring (bicyclic) bond motifs is 1. The van der Waals surface area contributed by atoms with Crippen LogP contribution in [0.15, 0.2) is 70.5 Å². The van der Waals surface area contributed by atoms with Crippen LogP contribution in [-0.4, -0.2) is 34.2 Å². The van der Waals surface area contributed by atoms with Crippen LogP contribution in [0.3, 0.4) is 0 Å². The second-order valence-corrected chi connectivity index (χ2v) is 8.51. The first-order valence-corrected chi connectivity index (χ1v) is 10.5. The lowest BCUT2D eigenvalue weighted by molar-refractivity contribution is -0.140. The quantitative estimate of drug-likeness (QED) is 0.637. The van der Waals surface area contributed by atoms with Crippen molar-refractivity contribution in [2.45, 2.75) is 23.8 Å². The molecule has 1 aromatic heterocycles. The Bertz CT molecular complexity index is 1270. The summed E-state index contributed by atoms with van der Waals surface area (Å²) in [5.41, 5.74) is -0.972. The molecule has 0 amide bonds. The van der Waals surface area contributed by atoms with Crippen molar-refractivity contribution in [3.05, 3.63) is 77.0 Å². The minimum Gasteiger partial charge on any atom is -0.508 e. The molecule has 0 bridgehead atoms. The normalized spacial score (nSPS) is 15.5. The maximum Gasteiger partial charge on any atom is 0.326 e. The summed E-state index contributed by atoms with van der Waals surface area (Å²) >= 11 is 0. The Morgan fingerprint density at radius 2 is 1.77 bits per heavy atom. The van der Waals surface area contributed by atoms with Crippen molar-refractivity contribution in [2.24, 2.45) is 0 Å². The Hall–Kier alpha value is -3.66. The van der Waals surface area contributed by atoms with Crippen LogP contribution < -0.4 is 9.86 Å². The van der Waals surface area contributed by atoms with Gasteiger partial charge in [0.1, 0.15) is 23.3 Å². The number of hydrogen-bond donors (Lipinski definition) is 2. The molecule has 1 aliphatic heterocycles. The van der Waals surface area contributed by atoms with E-state index in [-0.39, 0.29) is 28.4 Å². The first kappa shape index (κ1) is 19.6. The average molecular weight is 427 g/mol. The molecule has 10 heteroatoms. The van der Waals surface area contributed by atoms with Gasteiger partial charge in [-0.25, -0.2) is 22.5 Å². The molecule has 2 heterocycles. The number of phenolic OH excluding ortho intramolecular Hbond substituents is 1. The van der Waals surface area contributed by atoms with Crippen LogP contribution in [0.25, 0.3) is 0 Å². The molecule has 0 aliphatic carbocycles. The maximum atomic E-state index is 13.5. The van der Waals surface area contributed by atoms with E-state index in [1.54, 1.807) is 18.2 Å². The third kappa shape index (κ3) is 3.20. The lowest BCUT2D eigenvalue weighted by atomic mass is 10.2. The van der Waals surface area contributed by atoms with Gasteiger partial charge in [-0.05, 0) is 42.8 Å². The fourth-order valence-electron chi connectivity index (χ4n) is 3.46. The molecule has 0 radical (unpaired) electrons. The largest absolute Gasteiger partial charge is 0.508 e.